The van der Waals surface area contributed by atoms with Crippen molar-refractivity contribution in [1.82, 2.24) is 4.98 Å². The van der Waals surface area contributed by atoms with E-state index in [4.69, 9.17) is 16.1 Å². The molecule has 0 radical (unpaired) electrons. The van der Waals surface area contributed by atoms with Crippen LogP contribution in [-0.4, -0.2) is 23.2 Å². The molecule has 14 heavy (non-hydrogen) atoms. The van der Waals surface area contributed by atoms with Gasteiger partial charge >= 0.3 is 7.59 Å². The monoisotopic (exact) mass is 216 g/mol. The van der Waals surface area contributed by atoms with E-state index in [2.05, 4.69) is 4.98 Å². The van der Waals surface area contributed by atoms with Crippen LogP contribution < -0.4 is 15.7 Å². The molecule has 0 aliphatic heterocycles. The standard InChI is InChI=1S/C7H13N4O2P/c8-14(9,13)11(4-5-12)7-2-1-3-10-6-7/h1-3,6,12H,4-5H2,(H4,8,9,13). The van der Waals surface area contributed by atoms with E-state index in [-0.39, 0.29) is 13.2 Å². The fourth-order valence-electron chi connectivity index (χ4n) is 1.07. The summed E-state index contributed by atoms with van der Waals surface area (Å²) in [4.78, 5) is 3.85. The molecule has 1 rings (SSSR count). The Bertz CT molecular complexity index is 326. The van der Waals surface area contributed by atoms with Crippen molar-refractivity contribution in [2.45, 2.75) is 0 Å². The summed E-state index contributed by atoms with van der Waals surface area (Å²) in [5, 5.41) is 8.77. The molecule has 0 spiro atoms. The van der Waals surface area contributed by atoms with Gasteiger partial charge in [0.2, 0.25) is 0 Å². The lowest BCUT2D eigenvalue weighted by Gasteiger charge is -2.26. The van der Waals surface area contributed by atoms with Gasteiger partial charge in [0.15, 0.2) is 0 Å². The molecule has 7 heteroatoms. The van der Waals surface area contributed by atoms with E-state index >= 15 is 0 Å². The van der Waals surface area contributed by atoms with E-state index < -0.39 is 7.59 Å². The average molecular weight is 216 g/mol. The van der Waals surface area contributed by atoms with Crippen LogP contribution in [0.5, 0.6) is 0 Å². The van der Waals surface area contributed by atoms with E-state index in [1.165, 1.54) is 10.9 Å². The number of hydrogen-bond acceptors (Lipinski definition) is 3. The van der Waals surface area contributed by atoms with Crippen LogP contribution in [0.15, 0.2) is 24.5 Å². The molecule has 0 fully saturated rings. The third kappa shape index (κ3) is 2.78. The molecule has 0 unspecified atom stereocenters. The molecular formula is C7H13N4O2P. The molecule has 1 aromatic heterocycles. The van der Waals surface area contributed by atoms with Gasteiger partial charge in [0, 0.05) is 12.7 Å². The number of nitrogens with two attached hydrogens (primary N) is 2. The molecule has 0 aliphatic carbocycles. The van der Waals surface area contributed by atoms with Gasteiger partial charge in [0.25, 0.3) is 0 Å². The number of aliphatic hydroxyl groups excluding tert-OH is 1. The van der Waals surface area contributed by atoms with Gasteiger partial charge in [0.1, 0.15) is 0 Å². The van der Waals surface area contributed by atoms with Gasteiger partial charge in [-0.25, -0.2) is 0 Å². The molecule has 1 aromatic rings. The highest BCUT2D eigenvalue weighted by Gasteiger charge is 2.20. The number of rotatable bonds is 4. The van der Waals surface area contributed by atoms with Gasteiger partial charge in [-0.3, -0.25) is 25.2 Å². The average Bonchev–Trinajstić information content (AvgIpc) is 2.14. The lowest BCUT2D eigenvalue weighted by molar-refractivity contribution is 0.306. The van der Waals surface area contributed by atoms with Gasteiger partial charge in [-0.1, -0.05) is 0 Å². The number of aromatic nitrogens is 1. The van der Waals surface area contributed by atoms with Crippen LogP contribution in [0.3, 0.4) is 0 Å². The fraction of sp³-hybridized carbons (Fsp3) is 0.286. The molecule has 1 heterocycles. The van der Waals surface area contributed by atoms with Crippen LogP contribution in [0.25, 0.3) is 0 Å². The SMILES string of the molecule is NP(N)(=O)N(CCO)c1cccnc1. The lowest BCUT2D eigenvalue weighted by atomic mass is 10.4. The van der Waals surface area contributed by atoms with Crippen molar-refractivity contribution in [1.29, 1.82) is 0 Å². The van der Waals surface area contributed by atoms with E-state index in [1.54, 1.807) is 18.3 Å². The largest absolute Gasteiger partial charge is 0.395 e. The summed E-state index contributed by atoms with van der Waals surface area (Å²) in [7, 11) is -3.38. The van der Waals surface area contributed by atoms with Crippen molar-refractivity contribution >= 4 is 13.3 Å². The minimum Gasteiger partial charge on any atom is -0.395 e. The van der Waals surface area contributed by atoms with Crippen molar-refractivity contribution < 1.29 is 9.67 Å². The highest BCUT2D eigenvalue weighted by Crippen LogP contribution is 2.35. The van der Waals surface area contributed by atoms with Crippen molar-refractivity contribution in [3.05, 3.63) is 24.5 Å². The molecule has 5 N–H and O–H groups in total. The molecule has 6 nitrogen and oxygen atoms in total. The van der Waals surface area contributed by atoms with E-state index in [0.29, 0.717) is 5.69 Å². The summed E-state index contributed by atoms with van der Waals surface area (Å²) in [6, 6.07) is 3.35. The topological polar surface area (TPSA) is 105 Å². The first-order chi connectivity index (χ1) is 6.55. The Morgan fingerprint density at radius 1 is 1.57 bits per heavy atom. The van der Waals surface area contributed by atoms with Gasteiger partial charge < -0.3 is 5.11 Å². The molecular weight excluding hydrogens is 203 g/mol. The zero-order chi connectivity index (χ0) is 10.6. The Morgan fingerprint density at radius 2 is 2.29 bits per heavy atom. The quantitative estimate of drug-likeness (QED) is 0.607. The molecule has 0 aliphatic rings. The number of aliphatic hydroxyl groups is 1. The molecule has 0 bridgehead atoms. The first-order valence-corrected chi connectivity index (χ1v) is 5.81. The zero-order valence-corrected chi connectivity index (χ0v) is 8.47. The van der Waals surface area contributed by atoms with Gasteiger partial charge in [-0.2, -0.15) is 0 Å². The highest BCUT2D eigenvalue weighted by atomic mass is 31.2. The number of anilines is 1. The summed E-state index contributed by atoms with van der Waals surface area (Å²) in [6.45, 7) is -0.0523. The van der Waals surface area contributed by atoms with Gasteiger partial charge in [-0.05, 0) is 12.1 Å². The zero-order valence-electron chi connectivity index (χ0n) is 7.58. The van der Waals surface area contributed by atoms with Crippen LogP contribution in [0.4, 0.5) is 5.69 Å². The molecule has 0 atom stereocenters. The third-order valence-corrected chi connectivity index (χ3v) is 2.82. The summed E-state index contributed by atoms with van der Waals surface area (Å²) in [5.74, 6) is 0. The molecule has 0 saturated carbocycles. The first-order valence-electron chi connectivity index (χ1n) is 4.02. The van der Waals surface area contributed by atoms with Gasteiger partial charge in [0.05, 0.1) is 18.5 Å². The molecule has 0 amide bonds. The van der Waals surface area contributed by atoms with Crippen molar-refractivity contribution in [2.75, 3.05) is 17.8 Å². The second-order valence-corrected chi connectivity index (χ2v) is 4.56. The van der Waals surface area contributed by atoms with E-state index in [0.717, 1.165) is 0 Å². The first kappa shape index (κ1) is 11.1. The molecule has 0 aromatic carbocycles. The van der Waals surface area contributed by atoms with Crippen molar-refractivity contribution in [2.24, 2.45) is 11.0 Å². The normalized spacial score (nSPS) is 11.4. The highest BCUT2D eigenvalue weighted by molar-refractivity contribution is 7.60. The predicted molar refractivity (Wildman–Crippen MR) is 54.7 cm³/mol. The van der Waals surface area contributed by atoms with Crippen molar-refractivity contribution in [3.63, 3.8) is 0 Å². The van der Waals surface area contributed by atoms with Crippen LogP contribution in [0.2, 0.25) is 0 Å². The summed E-state index contributed by atoms with van der Waals surface area (Å²) < 4.78 is 12.7. The Hall–Kier alpha value is -0.940. The predicted octanol–water partition coefficient (Wildman–Crippen LogP) is -0.0942. The Morgan fingerprint density at radius 3 is 2.71 bits per heavy atom. The van der Waals surface area contributed by atoms with Crippen LogP contribution in [-0.2, 0) is 4.57 Å². The summed E-state index contributed by atoms with van der Waals surface area (Å²) in [5.41, 5.74) is 11.2. The maximum absolute atomic E-state index is 11.4. The summed E-state index contributed by atoms with van der Waals surface area (Å²) >= 11 is 0. The number of hydrogen-bond donors (Lipinski definition) is 3. The third-order valence-electron chi connectivity index (χ3n) is 1.63. The Balaban J connectivity index is 2.95. The van der Waals surface area contributed by atoms with E-state index in [9.17, 15) is 4.57 Å². The smallest absolute Gasteiger partial charge is 0.300 e. The molecule has 78 valence electrons. The van der Waals surface area contributed by atoms with Crippen LogP contribution in [0.1, 0.15) is 0 Å². The fourth-order valence-corrected chi connectivity index (χ4v) is 1.95. The minimum absolute atomic E-state index is 0.121. The van der Waals surface area contributed by atoms with E-state index in [1.807, 2.05) is 0 Å². The second kappa shape index (κ2) is 4.52. The van der Waals surface area contributed by atoms with Crippen molar-refractivity contribution in [3.8, 4) is 0 Å². The number of pyridine rings is 1. The number of nitrogens with zero attached hydrogens (tertiary/aromatic N) is 2. The second-order valence-electron chi connectivity index (χ2n) is 2.73. The van der Waals surface area contributed by atoms with Gasteiger partial charge in [-0.15, -0.1) is 0 Å². The maximum Gasteiger partial charge on any atom is 0.300 e. The van der Waals surface area contributed by atoms with Crippen LogP contribution >= 0.6 is 7.59 Å². The lowest BCUT2D eigenvalue weighted by Crippen LogP contribution is -2.31. The summed E-state index contributed by atoms with van der Waals surface area (Å²) in [6.07, 6.45) is 3.07. The Kier molecular flexibility index (Phi) is 3.60. The molecule has 0 saturated heterocycles. The maximum atomic E-state index is 11.4. The Labute approximate surface area is 82.1 Å². The van der Waals surface area contributed by atoms with Crippen LogP contribution in [0, 0.1) is 0 Å². The minimum atomic E-state index is -3.38.